The number of aromatic nitrogens is 4. The Morgan fingerprint density at radius 1 is 1.20 bits per heavy atom. The van der Waals surface area contributed by atoms with Crippen molar-refractivity contribution in [1.82, 2.24) is 19.7 Å². The van der Waals surface area contributed by atoms with Crippen LogP contribution in [0.5, 0.6) is 0 Å². The molecule has 0 N–H and O–H groups in total. The van der Waals surface area contributed by atoms with Crippen LogP contribution in [0, 0.1) is 0 Å². The van der Waals surface area contributed by atoms with Crippen LogP contribution in [0.25, 0.3) is 5.82 Å². The molecule has 2 aromatic rings. The number of rotatable bonds is 2. The van der Waals surface area contributed by atoms with Gasteiger partial charge >= 0.3 is 0 Å². The van der Waals surface area contributed by atoms with Gasteiger partial charge in [-0.3, -0.25) is 4.98 Å². The van der Waals surface area contributed by atoms with Gasteiger partial charge in [-0.15, -0.1) is 0 Å². The first-order valence-electron chi connectivity index (χ1n) is 5.21. The van der Waals surface area contributed by atoms with E-state index in [0.717, 1.165) is 17.9 Å². The van der Waals surface area contributed by atoms with E-state index in [0.29, 0.717) is 0 Å². The first kappa shape index (κ1) is 11.4. The Bertz CT molecular complexity index is 364. The molecule has 0 aliphatic carbocycles. The van der Waals surface area contributed by atoms with Gasteiger partial charge in [-0.05, 0) is 12.5 Å². The van der Waals surface area contributed by atoms with Crippen LogP contribution < -0.4 is 0 Å². The van der Waals surface area contributed by atoms with Crippen LogP contribution >= 0.6 is 0 Å². The summed E-state index contributed by atoms with van der Waals surface area (Å²) in [6.45, 7) is 6.05. The lowest BCUT2D eigenvalue weighted by atomic mass is 10.4. The Labute approximate surface area is 90.0 Å². The minimum absolute atomic E-state index is 0.752. The van der Waals surface area contributed by atoms with Gasteiger partial charge in [0.2, 0.25) is 0 Å². The molecule has 0 bridgehead atoms. The van der Waals surface area contributed by atoms with Gasteiger partial charge in [-0.2, -0.15) is 5.10 Å². The van der Waals surface area contributed by atoms with Gasteiger partial charge in [-0.25, -0.2) is 9.67 Å². The zero-order valence-corrected chi connectivity index (χ0v) is 9.38. The zero-order valence-electron chi connectivity index (χ0n) is 9.38. The predicted octanol–water partition coefficient (Wildman–Crippen LogP) is 2.25. The molecule has 0 spiro atoms. The number of nitrogens with zero attached hydrogens (tertiary/aromatic N) is 4. The summed E-state index contributed by atoms with van der Waals surface area (Å²) in [6, 6.07) is 1.86. The van der Waals surface area contributed by atoms with E-state index in [2.05, 4.69) is 22.0 Å². The summed E-state index contributed by atoms with van der Waals surface area (Å²) in [5.41, 5.74) is 0.996. The molecule has 4 heteroatoms. The lowest BCUT2D eigenvalue weighted by Gasteiger charge is -1.99. The minimum Gasteiger partial charge on any atom is -0.256 e. The summed E-state index contributed by atoms with van der Waals surface area (Å²) in [7, 11) is 0. The molecular weight excluding hydrogens is 188 g/mol. The van der Waals surface area contributed by atoms with Gasteiger partial charge < -0.3 is 0 Å². The molecule has 15 heavy (non-hydrogen) atoms. The maximum absolute atomic E-state index is 4.23. The van der Waals surface area contributed by atoms with E-state index in [-0.39, 0.29) is 0 Å². The summed E-state index contributed by atoms with van der Waals surface area (Å²) in [5.74, 6) is 0.752. The summed E-state index contributed by atoms with van der Waals surface area (Å²) in [5, 5.41) is 4.06. The third-order valence-corrected chi connectivity index (χ3v) is 1.79. The molecule has 0 atom stereocenters. The summed E-state index contributed by atoms with van der Waals surface area (Å²) in [4.78, 5) is 8.46. The fraction of sp³-hybridized carbons (Fsp3) is 0.364. The summed E-state index contributed by atoms with van der Waals surface area (Å²) >= 11 is 0. The highest BCUT2D eigenvalue weighted by Crippen LogP contribution is 2.00. The van der Waals surface area contributed by atoms with Crippen LogP contribution in [0.3, 0.4) is 0 Å². The topological polar surface area (TPSA) is 43.6 Å². The molecule has 0 aromatic carbocycles. The standard InChI is InChI=1S/C9H10N4.C2H6/c1-2-8-6-11-9(7-10-8)13-5-3-4-12-13;1-2/h3-7H,2H2,1H3;1-2H3. The SMILES string of the molecule is CC.CCc1cnc(-n2cccn2)cn1. The number of hydrogen-bond donors (Lipinski definition) is 0. The van der Waals surface area contributed by atoms with Gasteiger partial charge in [0.1, 0.15) is 0 Å². The van der Waals surface area contributed by atoms with Crippen molar-refractivity contribution in [2.24, 2.45) is 0 Å². The highest BCUT2D eigenvalue weighted by Gasteiger charge is 1.97. The molecule has 2 aromatic heterocycles. The van der Waals surface area contributed by atoms with Crippen LogP contribution in [-0.2, 0) is 6.42 Å². The van der Waals surface area contributed by atoms with E-state index in [1.807, 2.05) is 26.1 Å². The molecule has 2 rings (SSSR count). The molecule has 0 radical (unpaired) electrons. The highest BCUT2D eigenvalue weighted by atomic mass is 15.3. The first-order chi connectivity index (χ1) is 7.40. The second kappa shape index (κ2) is 5.90. The molecule has 80 valence electrons. The highest BCUT2D eigenvalue weighted by molar-refractivity contribution is 5.17. The predicted molar refractivity (Wildman–Crippen MR) is 59.9 cm³/mol. The van der Waals surface area contributed by atoms with Gasteiger partial charge in [0, 0.05) is 12.4 Å². The van der Waals surface area contributed by atoms with E-state index in [1.54, 1.807) is 23.3 Å². The summed E-state index contributed by atoms with van der Waals surface area (Å²) in [6.07, 6.45) is 7.97. The van der Waals surface area contributed by atoms with Crippen molar-refractivity contribution in [1.29, 1.82) is 0 Å². The molecule has 2 heterocycles. The normalized spacial score (nSPS) is 9.27. The average Bonchev–Trinajstić information content (AvgIpc) is 2.85. The largest absolute Gasteiger partial charge is 0.256 e. The van der Waals surface area contributed by atoms with Crippen LogP contribution in [0.1, 0.15) is 26.5 Å². The second-order valence-electron chi connectivity index (χ2n) is 2.67. The molecule has 0 aliphatic rings. The van der Waals surface area contributed by atoms with Crippen molar-refractivity contribution in [3.8, 4) is 5.82 Å². The van der Waals surface area contributed by atoms with E-state index in [1.165, 1.54) is 0 Å². The lowest BCUT2D eigenvalue weighted by Crippen LogP contribution is -1.99. The number of aryl methyl sites for hydroxylation is 1. The zero-order chi connectivity index (χ0) is 11.1. The Kier molecular flexibility index (Phi) is 4.47. The van der Waals surface area contributed by atoms with Crippen molar-refractivity contribution in [3.05, 3.63) is 36.5 Å². The van der Waals surface area contributed by atoms with Crippen molar-refractivity contribution in [3.63, 3.8) is 0 Å². The maximum Gasteiger partial charge on any atom is 0.171 e. The molecule has 0 fully saturated rings. The lowest BCUT2D eigenvalue weighted by molar-refractivity contribution is 0.828. The monoisotopic (exact) mass is 204 g/mol. The van der Waals surface area contributed by atoms with E-state index in [4.69, 9.17) is 0 Å². The molecule has 4 nitrogen and oxygen atoms in total. The smallest absolute Gasteiger partial charge is 0.171 e. The Balaban J connectivity index is 0.000000531. The van der Waals surface area contributed by atoms with Gasteiger partial charge in [-0.1, -0.05) is 20.8 Å². The van der Waals surface area contributed by atoms with Crippen molar-refractivity contribution in [2.75, 3.05) is 0 Å². The van der Waals surface area contributed by atoms with Crippen LogP contribution in [0.4, 0.5) is 0 Å². The van der Waals surface area contributed by atoms with E-state index < -0.39 is 0 Å². The van der Waals surface area contributed by atoms with Gasteiger partial charge in [0.25, 0.3) is 0 Å². The fourth-order valence-electron chi connectivity index (χ4n) is 1.05. The Hall–Kier alpha value is -1.71. The van der Waals surface area contributed by atoms with Gasteiger partial charge in [0.05, 0.1) is 18.1 Å². The molecule has 0 unspecified atom stereocenters. The van der Waals surface area contributed by atoms with Crippen molar-refractivity contribution < 1.29 is 0 Å². The van der Waals surface area contributed by atoms with E-state index >= 15 is 0 Å². The van der Waals surface area contributed by atoms with Crippen LogP contribution in [0.15, 0.2) is 30.9 Å². The molecular formula is C11H16N4. The van der Waals surface area contributed by atoms with Crippen molar-refractivity contribution in [2.45, 2.75) is 27.2 Å². The quantitative estimate of drug-likeness (QED) is 0.753. The van der Waals surface area contributed by atoms with Crippen LogP contribution in [-0.4, -0.2) is 19.7 Å². The second-order valence-corrected chi connectivity index (χ2v) is 2.67. The molecule has 0 saturated carbocycles. The van der Waals surface area contributed by atoms with E-state index in [9.17, 15) is 0 Å². The average molecular weight is 204 g/mol. The summed E-state index contributed by atoms with van der Waals surface area (Å²) < 4.78 is 1.69. The number of hydrogen-bond acceptors (Lipinski definition) is 3. The molecule has 0 saturated heterocycles. The molecule has 0 aliphatic heterocycles. The maximum atomic E-state index is 4.23. The van der Waals surface area contributed by atoms with Gasteiger partial charge in [0.15, 0.2) is 5.82 Å². The third kappa shape index (κ3) is 2.87. The Morgan fingerprint density at radius 2 is 2.00 bits per heavy atom. The fourth-order valence-corrected chi connectivity index (χ4v) is 1.05. The first-order valence-corrected chi connectivity index (χ1v) is 5.21. The Morgan fingerprint density at radius 3 is 2.47 bits per heavy atom. The third-order valence-electron chi connectivity index (χ3n) is 1.79. The molecule has 0 amide bonds. The van der Waals surface area contributed by atoms with Crippen molar-refractivity contribution >= 4 is 0 Å². The van der Waals surface area contributed by atoms with Crippen LogP contribution in [0.2, 0.25) is 0 Å². The minimum atomic E-state index is 0.752.